The molecule has 0 aliphatic carbocycles. The molecule has 0 amide bonds. The van der Waals surface area contributed by atoms with Crippen molar-refractivity contribution in [3.63, 3.8) is 0 Å². The molecule has 0 saturated carbocycles. The van der Waals surface area contributed by atoms with Crippen molar-refractivity contribution in [2.24, 2.45) is 0 Å². The van der Waals surface area contributed by atoms with E-state index < -0.39 is 0 Å². The van der Waals surface area contributed by atoms with Gasteiger partial charge in [0.2, 0.25) is 0 Å². The summed E-state index contributed by atoms with van der Waals surface area (Å²) >= 11 is 3.31. The van der Waals surface area contributed by atoms with Gasteiger partial charge in [0.05, 0.1) is 5.57 Å². The van der Waals surface area contributed by atoms with E-state index in [0.717, 1.165) is 16.0 Å². The van der Waals surface area contributed by atoms with Gasteiger partial charge in [0.15, 0.2) is 0 Å². The summed E-state index contributed by atoms with van der Waals surface area (Å²) in [4.78, 5) is 1.02. The van der Waals surface area contributed by atoms with Crippen molar-refractivity contribution in [1.82, 2.24) is 0 Å². The van der Waals surface area contributed by atoms with Crippen molar-refractivity contribution in [1.29, 1.82) is 5.26 Å². The highest BCUT2D eigenvalue weighted by atomic mass is 32.1. The van der Waals surface area contributed by atoms with E-state index in [0.29, 0.717) is 0 Å². The maximum absolute atomic E-state index is 9.26. The fourth-order valence-corrected chi connectivity index (χ4v) is 3.47. The van der Waals surface area contributed by atoms with E-state index in [2.05, 4.69) is 23.6 Å². The molecular weight excluding hydrogens is 258 g/mol. The molecule has 1 nitrogen and oxygen atoms in total. The first-order valence-electron chi connectivity index (χ1n) is 5.50. The molecule has 2 aromatic heterocycles. The molecule has 18 heavy (non-hydrogen) atoms. The normalized spacial score (nSPS) is 11.6. The smallest absolute Gasteiger partial charge is 0.101 e. The monoisotopic (exact) mass is 267 g/mol. The largest absolute Gasteiger partial charge is 0.192 e. The minimum atomic E-state index is 0.730. The second-order valence-corrected chi connectivity index (χ2v) is 5.69. The predicted molar refractivity (Wildman–Crippen MR) is 79.6 cm³/mol. The first-order valence-corrected chi connectivity index (χ1v) is 7.26. The van der Waals surface area contributed by atoms with E-state index in [1.165, 1.54) is 10.1 Å². The molecule has 0 fully saturated rings. The fourth-order valence-electron chi connectivity index (χ4n) is 1.86. The standard InChI is InChI=1S/C15H9NS2/c16-9-11(14-6-3-7-17-14)8-12-10-18-15-5-2-1-4-13(12)15/h1-8,10H/b11-8-. The molecule has 0 N–H and O–H groups in total. The highest BCUT2D eigenvalue weighted by Gasteiger charge is 2.05. The topological polar surface area (TPSA) is 23.8 Å². The summed E-state index contributed by atoms with van der Waals surface area (Å²) in [6, 6.07) is 14.5. The van der Waals surface area contributed by atoms with Crippen molar-refractivity contribution in [2.45, 2.75) is 0 Å². The molecule has 3 heteroatoms. The number of thiophene rings is 2. The summed E-state index contributed by atoms with van der Waals surface area (Å²) in [7, 11) is 0. The number of benzene rings is 1. The van der Waals surface area contributed by atoms with E-state index in [-0.39, 0.29) is 0 Å². The van der Waals surface area contributed by atoms with Crippen LogP contribution in [0.15, 0.2) is 47.2 Å². The van der Waals surface area contributed by atoms with Gasteiger partial charge >= 0.3 is 0 Å². The van der Waals surface area contributed by atoms with Gasteiger partial charge < -0.3 is 0 Å². The van der Waals surface area contributed by atoms with Gasteiger partial charge in [-0.15, -0.1) is 22.7 Å². The molecule has 1 aromatic carbocycles. The van der Waals surface area contributed by atoms with E-state index in [9.17, 15) is 5.26 Å². The number of hydrogen-bond donors (Lipinski definition) is 0. The van der Waals surface area contributed by atoms with Gasteiger partial charge in [-0.2, -0.15) is 5.26 Å². The second-order valence-electron chi connectivity index (χ2n) is 3.83. The second kappa shape index (κ2) is 4.77. The number of nitriles is 1. The van der Waals surface area contributed by atoms with Crippen LogP contribution in [0.3, 0.4) is 0 Å². The van der Waals surface area contributed by atoms with Crippen LogP contribution in [-0.2, 0) is 0 Å². The summed E-state index contributed by atoms with van der Waals surface area (Å²) in [5.41, 5.74) is 1.86. The quantitative estimate of drug-likeness (QED) is 0.598. The third-order valence-corrected chi connectivity index (χ3v) is 4.60. The third kappa shape index (κ3) is 1.97. The molecular formula is C15H9NS2. The van der Waals surface area contributed by atoms with Crippen molar-refractivity contribution >= 4 is 44.4 Å². The summed E-state index contributed by atoms with van der Waals surface area (Å²) in [6.45, 7) is 0. The predicted octanol–water partition coefficient (Wildman–Crippen LogP) is 5.03. The summed E-state index contributed by atoms with van der Waals surface area (Å²) in [6.07, 6.45) is 1.98. The van der Waals surface area contributed by atoms with Crippen LogP contribution in [0.25, 0.3) is 21.7 Å². The van der Waals surface area contributed by atoms with Crippen molar-refractivity contribution in [2.75, 3.05) is 0 Å². The third-order valence-electron chi connectivity index (χ3n) is 2.72. The van der Waals surface area contributed by atoms with E-state index >= 15 is 0 Å². The van der Waals surface area contributed by atoms with Crippen LogP contribution in [0.2, 0.25) is 0 Å². The van der Waals surface area contributed by atoms with E-state index in [1.807, 2.05) is 35.7 Å². The number of fused-ring (bicyclic) bond motifs is 1. The van der Waals surface area contributed by atoms with E-state index in [1.54, 1.807) is 22.7 Å². The minimum Gasteiger partial charge on any atom is -0.192 e. The Morgan fingerprint density at radius 1 is 1.11 bits per heavy atom. The zero-order chi connectivity index (χ0) is 12.4. The van der Waals surface area contributed by atoms with Crippen LogP contribution in [0.1, 0.15) is 10.4 Å². The molecule has 0 radical (unpaired) electrons. The van der Waals surface area contributed by atoms with Crippen LogP contribution in [-0.4, -0.2) is 0 Å². The highest BCUT2D eigenvalue weighted by molar-refractivity contribution is 7.17. The maximum Gasteiger partial charge on any atom is 0.101 e. The van der Waals surface area contributed by atoms with Crippen LogP contribution >= 0.6 is 22.7 Å². The summed E-state index contributed by atoms with van der Waals surface area (Å²) < 4.78 is 1.26. The van der Waals surface area contributed by atoms with Gasteiger partial charge in [0.1, 0.15) is 6.07 Å². The molecule has 0 spiro atoms. The molecule has 0 aliphatic rings. The van der Waals surface area contributed by atoms with Gasteiger partial charge in [0, 0.05) is 9.58 Å². The summed E-state index contributed by atoms with van der Waals surface area (Å²) in [5.74, 6) is 0. The Kier molecular flexibility index (Phi) is 2.97. The molecule has 2 heterocycles. The maximum atomic E-state index is 9.26. The average molecular weight is 267 g/mol. The first-order chi connectivity index (χ1) is 8.88. The van der Waals surface area contributed by atoms with Crippen molar-refractivity contribution in [3.05, 3.63) is 57.6 Å². The molecule has 0 aliphatic heterocycles. The molecule has 0 bridgehead atoms. The van der Waals surface area contributed by atoms with Crippen LogP contribution in [0.4, 0.5) is 0 Å². The Bertz CT molecular complexity index is 742. The van der Waals surface area contributed by atoms with Crippen molar-refractivity contribution in [3.8, 4) is 6.07 Å². The fraction of sp³-hybridized carbons (Fsp3) is 0. The number of allylic oxidation sites excluding steroid dienone is 1. The molecule has 3 rings (SSSR count). The SMILES string of the molecule is N#C/C(=C/c1csc2ccccc12)c1cccs1. The van der Waals surface area contributed by atoms with Gasteiger partial charge in [-0.3, -0.25) is 0 Å². The lowest BCUT2D eigenvalue weighted by molar-refractivity contribution is 1.54. The van der Waals surface area contributed by atoms with Crippen LogP contribution in [0, 0.1) is 11.3 Å². The Morgan fingerprint density at radius 2 is 2.00 bits per heavy atom. The first kappa shape index (κ1) is 11.2. The number of hydrogen-bond acceptors (Lipinski definition) is 3. The average Bonchev–Trinajstić information content (AvgIpc) is 3.06. The number of nitrogens with zero attached hydrogens (tertiary/aromatic N) is 1. The zero-order valence-corrected chi connectivity index (χ0v) is 11.1. The minimum absolute atomic E-state index is 0.730. The number of rotatable bonds is 2. The molecule has 0 saturated heterocycles. The van der Waals surface area contributed by atoms with Crippen molar-refractivity contribution < 1.29 is 0 Å². The molecule has 0 atom stereocenters. The van der Waals surface area contributed by atoms with Gasteiger partial charge in [0.25, 0.3) is 0 Å². The van der Waals surface area contributed by atoms with Crippen LogP contribution < -0.4 is 0 Å². The lowest BCUT2D eigenvalue weighted by Gasteiger charge is -1.94. The Hall–Kier alpha value is -1.89. The van der Waals surface area contributed by atoms with Gasteiger partial charge in [-0.1, -0.05) is 24.3 Å². The van der Waals surface area contributed by atoms with Gasteiger partial charge in [-0.05, 0) is 39.9 Å². The Balaban J connectivity index is 2.13. The molecule has 86 valence electrons. The lowest BCUT2D eigenvalue weighted by Crippen LogP contribution is -1.75. The highest BCUT2D eigenvalue weighted by Crippen LogP contribution is 2.30. The Labute approximate surface area is 113 Å². The van der Waals surface area contributed by atoms with E-state index in [4.69, 9.17) is 0 Å². The summed E-state index contributed by atoms with van der Waals surface area (Å²) in [5, 5.41) is 14.6. The molecule has 3 aromatic rings. The van der Waals surface area contributed by atoms with Gasteiger partial charge in [-0.25, -0.2) is 0 Å². The van der Waals surface area contributed by atoms with Crippen LogP contribution in [0.5, 0.6) is 0 Å². The Morgan fingerprint density at radius 3 is 2.78 bits per heavy atom. The lowest BCUT2D eigenvalue weighted by atomic mass is 10.1. The molecule has 0 unspecified atom stereocenters. The zero-order valence-electron chi connectivity index (χ0n) is 9.46.